The number of hydrogen-bond donors (Lipinski definition) is 0. The number of nitrogens with zero attached hydrogens (tertiary/aromatic N) is 3. The van der Waals surface area contributed by atoms with Gasteiger partial charge in [0.25, 0.3) is 5.91 Å². The quantitative estimate of drug-likeness (QED) is 0.704. The second-order valence-electron chi connectivity index (χ2n) is 7.85. The van der Waals surface area contributed by atoms with E-state index in [0.717, 1.165) is 36.2 Å². The monoisotopic (exact) mass is 413 g/mol. The minimum absolute atomic E-state index is 0.0271. The van der Waals surface area contributed by atoms with E-state index >= 15 is 0 Å². The van der Waals surface area contributed by atoms with Gasteiger partial charge >= 0.3 is 0 Å². The summed E-state index contributed by atoms with van der Waals surface area (Å²) in [6.07, 6.45) is 4.00. The van der Waals surface area contributed by atoms with Gasteiger partial charge < -0.3 is 0 Å². The van der Waals surface area contributed by atoms with Gasteiger partial charge in [0.15, 0.2) is 0 Å². The first-order valence-electron chi connectivity index (χ1n) is 10.2. The third-order valence-corrected chi connectivity index (χ3v) is 6.23. The highest BCUT2D eigenvalue weighted by Crippen LogP contribution is 2.36. The third-order valence-electron chi connectivity index (χ3n) is 5.89. The largest absolute Gasteiger partial charge is 0.292 e. The van der Waals surface area contributed by atoms with Crippen LogP contribution in [-0.2, 0) is 4.79 Å². The van der Waals surface area contributed by atoms with Crippen molar-refractivity contribution in [3.63, 3.8) is 0 Å². The summed E-state index contributed by atoms with van der Waals surface area (Å²) in [7, 11) is 0. The van der Waals surface area contributed by atoms with Crippen LogP contribution in [0.3, 0.4) is 0 Å². The van der Waals surface area contributed by atoms with Crippen molar-refractivity contribution in [1.82, 2.24) is 9.91 Å². The number of halogens is 2. The lowest BCUT2D eigenvalue weighted by Gasteiger charge is -2.34. The van der Waals surface area contributed by atoms with Crippen molar-refractivity contribution in [1.29, 1.82) is 0 Å². The summed E-state index contributed by atoms with van der Waals surface area (Å²) in [5, 5.41) is 6.88. The number of benzene rings is 2. The summed E-state index contributed by atoms with van der Waals surface area (Å²) in [5.41, 5.74) is 2.48. The van der Waals surface area contributed by atoms with E-state index in [2.05, 4.69) is 16.9 Å². The second kappa shape index (κ2) is 8.64. The van der Waals surface area contributed by atoms with Gasteiger partial charge in [-0.05, 0) is 55.6 Å². The van der Waals surface area contributed by atoms with Gasteiger partial charge in [-0.15, -0.1) is 0 Å². The molecule has 4 nitrogen and oxygen atoms in total. The summed E-state index contributed by atoms with van der Waals surface area (Å²) in [6, 6.07) is 14.0. The Morgan fingerprint density at radius 3 is 2.66 bits per heavy atom. The lowest BCUT2D eigenvalue weighted by Crippen LogP contribution is -2.44. The Hall–Kier alpha value is -2.24. The van der Waals surface area contributed by atoms with E-state index in [9.17, 15) is 9.18 Å². The second-order valence-corrected chi connectivity index (χ2v) is 8.26. The Morgan fingerprint density at radius 1 is 1.17 bits per heavy atom. The zero-order valence-electron chi connectivity index (χ0n) is 16.5. The van der Waals surface area contributed by atoms with E-state index in [-0.39, 0.29) is 17.8 Å². The molecular weight excluding hydrogens is 389 g/mol. The van der Waals surface area contributed by atoms with Crippen LogP contribution in [-0.4, -0.2) is 40.7 Å². The Morgan fingerprint density at radius 2 is 1.93 bits per heavy atom. The first-order valence-corrected chi connectivity index (χ1v) is 10.5. The van der Waals surface area contributed by atoms with Crippen LogP contribution in [0.5, 0.6) is 0 Å². The molecule has 6 heteroatoms. The molecule has 0 radical (unpaired) electrons. The molecule has 2 aromatic rings. The van der Waals surface area contributed by atoms with Gasteiger partial charge in [0, 0.05) is 17.5 Å². The highest BCUT2D eigenvalue weighted by Gasteiger charge is 2.35. The SMILES string of the molecule is C[C@H]1CCCCN1CC(=O)N1N=C(c2ccc(F)cc2)C[C@H]1c1ccccc1Cl. The lowest BCUT2D eigenvalue weighted by atomic mass is 9.98. The van der Waals surface area contributed by atoms with E-state index in [1.54, 1.807) is 17.1 Å². The fraction of sp³-hybridized carbons (Fsp3) is 0.391. The van der Waals surface area contributed by atoms with Crippen molar-refractivity contribution in [2.24, 2.45) is 5.10 Å². The molecule has 0 bridgehead atoms. The highest BCUT2D eigenvalue weighted by atomic mass is 35.5. The molecule has 0 aromatic heterocycles. The van der Waals surface area contributed by atoms with E-state index in [4.69, 9.17) is 11.6 Å². The Bertz CT molecular complexity index is 915. The molecule has 2 heterocycles. The molecule has 2 aromatic carbocycles. The maximum absolute atomic E-state index is 13.3. The maximum atomic E-state index is 13.3. The van der Waals surface area contributed by atoms with Gasteiger partial charge in [-0.2, -0.15) is 5.10 Å². The molecule has 152 valence electrons. The van der Waals surface area contributed by atoms with Gasteiger partial charge in [0.05, 0.1) is 18.3 Å². The molecule has 2 atom stereocenters. The van der Waals surface area contributed by atoms with Crippen LogP contribution in [0.1, 0.15) is 49.8 Å². The molecule has 1 amide bonds. The average molecular weight is 414 g/mol. The smallest absolute Gasteiger partial charge is 0.257 e. The fourth-order valence-corrected chi connectivity index (χ4v) is 4.45. The lowest BCUT2D eigenvalue weighted by molar-refractivity contribution is -0.135. The van der Waals surface area contributed by atoms with Gasteiger partial charge in [0.2, 0.25) is 0 Å². The predicted octanol–water partition coefficient (Wildman–Crippen LogP) is 5.03. The number of piperidine rings is 1. The molecule has 1 fully saturated rings. The molecule has 0 unspecified atom stereocenters. The Labute approximate surface area is 176 Å². The minimum Gasteiger partial charge on any atom is -0.292 e. The summed E-state index contributed by atoms with van der Waals surface area (Å²) in [4.78, 5) is 15.5. The van der Waals surface area contributed by atoms with Crippen molar-refractivity contribution in [2.75, 3.05) is 13.1 Å². The highest BCUT2D eigenvalue weighted by molar-refractivity contribution is 6.31. The van der Waals surface area contributed by atoms with Gasteiger partial charge in [0.1, 0.15) is 5.82 Å². The van der Waals surface area contributed by atoms with Crippen LogP contribution in [0.25, 0.3) is 0 Å². The molecule has 1 saturated heterocycles. The molecule has 29 heavy (non-hydrogen) atoms. The number of likely N-dealkylation sites (tertiary alicyclic amines) is 1. The summed E-state index contributed by atoms with van der Waals surface area (Å²) in [6.45, 7) is 3.46. The molecule has 0 N–H and O–H groups in total. The number of hydrazone groups is 1. The van der Waals surface area contributed by atoms with Crippen LogP contribution >= 0.6 is 11.6 Å². The topological polar surface area (TPSA) is 35.9 Å². The van der Waals surface area contributed by atoms with E-state index in [0.29, 0.717) is 24.0 Å². The minimum atomic E-state index is -0.290. The molecule has 0 saturated carbocycles. The van der Waals surface area contributed by atoms with Crippen LogP contribution in [0.2, 0.25) is 5.02 Å². The van der Waals surface area contributed by atoms with Crippen LogP contribution < -0.4 is 0 Å². The van der Waals surface area contributed by atoms with Crippen molar-refractivity contribution in [3.05, 3.63) is 70.5 Å². The first kappa shape index (κ1) is 20.0. The molecule has 0 spiro atoms. The Balaban J connectivity index is 1.62. The first-order chi connectivity index (χ1) is 14.0. The fourth-order valence-electron chi connectivity index (χ4n) is 4.18. The van der Waals surface area contributed by atoms with E-state index in [1.807, 2.05) is 24.3 Å². The van der Waals surface area contributed by atoms with Crippen molar-refractivity contribution >= 4 is 23.2 Å². The summed E-state index contributed by atoms with van der Waals surface area (Å²) < 4.78 is 13.3. The van der Waals surface area contributed by atoms with Gasteiger partial charge in [-0.25, -0.2) is 9.40 Å². The Kier molecular flexibility index (Phi) is 5.97. The third kappa shape index (κ3) is 4.36. The number of amides is 1. The number of carbonyl (C=O) groups excluding carboxylic acids is 1. The predicted molar refractivity (Wildman–Crippen MR) is 113 cm³/mol. The van der Waals surface area contributed by atoms with Crippen LogP contribution in [0.15, 0.2) is 53.6 Å². The van der Waals surface area contributed by atoms with Gasteiger partial charge in [-0.3, -0.25) is 9.69 Å². The molecule has 4 rings (SSSR count). The van der Waals surface area contributed by atoms with Crippen molar-refractivity contribution in [2.45, 2.75) is 44.7 Å². The zero-order chi connectivity index (χ0) is 20.4. The molecule has 2 aliphatic rings. The average Bonchev–Trinajstić information content (AvgIpc) is 3.16. The normalized spacial score (nSPS) is 22.6. The summed E-state index contributed by atoms with van der Waals surface area (Å²) >= 11 is 6.45. The number of rotatable bonds is 4. The van der Waals surface area contributed by atoms with Gasteiger partial charge in [-0.1, -0.05) is 48.4 Å². The molecular formula is C23H25ClFN3O. The van der Waals surface area contributed by atoms with Crippen molar-refractivity contribution < 1.29 is 9.18 Å². The van der Waals surface area contributed by atoms with E-state index < -0.39 is 0 Å². The zero-order valence-corrected chi connectivity index (χ0v) is 17.3. The summed E-state index contributed by atoms with van der Waals surface area (Å²) in [5.74, 6) is -0.317. The maximum Gasteiger partial charge on any atom is 0.257 e. The van der Waals surface area contributed by atoms with Crippen LogP contribution in [0.4, 0.5) is 4.39 Å². The molecule has 0 aliphatic carbocycles. The molecule has 2 aliphatic heterocycles. The van der Waals surface area contributed by atoms with Crippen LogP contribution in [0, 0.1) is 5.82 Å². The van der Waals surface area contributed by atoms with E-state index in [1.165, 1.54) is 18.6 Å². The number of hydrogen-bond acceptors (Lipinski definition) is 3. The number of carbonyl (C=O) groups is 1. The standard InChI is InChI=1S/C23H25ClFN3O/c1-16-6-4-5-13-27(16)15-23(29)28-22(19-7-2-3-8-20(19)24)14-21(26-28)17-9-11-18(25)12-10-17/h2-3,7-12,16,22H,4-6,13-15H2,1H3/t16-,22-/m0/s1. The van der Waals surface area contributed by atoms with Crippen molar-refractivity contribution in [3.8, 4) is 0 Å².